The average Bonchev–Trinajstić information content (AvgIpc) is 2.94. The van der Waals surface area contributed by atoms with Gasteiger partial charge < -0.3 is 5.32 Å². The number of nitrogens with one attached hydrogen (secondary N) is 1. The third-order valence-corrected chi connectivity index (χ3v) is 3.51. The SMILES string of the molecule is CCCNC1CCCC1CCn1cncn1. The number of hydrogen-bond acceptors (Lipinski definition) is 3. The van der Waals surface area contributed by atoms with Crippen LogP contribution in [0.3, 0.4) is 0 Å². The summed E-state index contributed by atoms with van der Waals surface area (Å²) >= 11 is 0. The van der Waals surface area contributed by atoms with Crippen molar-refractivity contribution in [3.05, 3.63) is 12.7 Å². The standard InChI is InChI=1S/C12H22N4/c1-2-7-14-12-5-3-4-11(12)6-8-16-10-13-9-15-16/h9-12,14H,2-8H2,1H3. The molecule has 0 radical (unpaired) electrons. The highest BCUT2D eigenvalue weighted by Crippen LogP contribution is 2.28. The second-order valence-corrected chi connectivity index (χ2v) is 4.70. The van der Waals surface area contributed by atoms with Crippen molar-refractivity contribution in [3.8, 4) is 0 Å². The van der Waals surface area contributed by atoms with Gasteiger partial charge in [0.15, 0.2) is 0 Å². The maximum absolute atomic E-state index is 4.15. The topological polar surface area (TPSA) is 42.7 Å². The van der Waals surface area contributed by atoms with E-state index in [0.29, 0.717) is 0 Å². The molecule has 1 saturated carbocycles. The maximum Gasteiger partial charge on any atom is 0.137 e. The largest absolute Gasteiger partial charge is 0.314 e. The fraction of sp³-hybridized carbons (Fsp3) is 0.833. The first-order chi connectivity index (χ1) is 7.90. The van der Waals surface area contributed by atoms with Crippen molar-refractivity contribution >= 4 is 0 Å². The quantitative estimate of drug-likeness (QED) is 0.798. The molecule has 0 saturated heterocycles. The Labute approximate surface area is 97.5 Å². The second kappa shape index (κ2) is 5.99. The molecule has 4 nitrogen and oxygen atoms in total. The van der Waals surface area contributed by atoms with Gasteiger partial charge in [0.25, 0.3) is 0 Å². The lowest BCUT2D eigenvalue weighted by Crippen LogP contribution is -2.33. The number of aromatic nitrogens is 3. The van der Waals surface area contributed by atoms with Gasteiger partial charge in [-0.2, -0.15) is 5.10 Å². The molecule has 0 spiro atoms. The van der Waals surface area contributed by atoms with E-state index in [2.05, 4.69) is 22.3 Å². The van der Waals surface area contributed by atoms with Crippen LogP contribution < -0.4 is 5.32 Å². The van der Waals surface area contributed by atoms with Crippen molar-refractivity contribution in [3.63, 3.8) is 0 Å². The fourth-order valence-electron chi connectivity index (χ4n) is 2.63. The lowest BCUT2D eigenvalue weighted by Gasteiger charge is -2.20. The molecular formula is C12H22N4. The Morgan fingerprint density at radius 2 is 2.38 bits per heavy atom. The van der Waals surface area contributed by atoms with E-state index in [1.54, 1.807) is 6.33 Å². The maximum atomic E-state index is 4.15. The number of rotatable bonds is 6. The summed E-state index contributed by atoms with van der Waals surface area (Å²) in [4.78, 5) is 3.97. The van der Waals surface area contributed by atoms with E-state index >= 15 is 0 Å². The molecule has 1 heterocycles. The van der Waals surface area contributed by atoms with Crippen LogP contribution >= 0.6 is 0 Å². The van der Waals surface area contributed by atoms with E-state index in [-0.39, 0.29) is 0 Å². The summed E-state index contributed by atoms with van der Waals surface area (Å²) in [5, 5.41) is 7.82. The minimum atomic E-state index is 0.739. The lowest BCUT2D eigenvalue weighted by molar-refractivity contribution is 0.354. The molecule has 0 bridgehead atoms. The van der Waals surface area contributed by atoms with Gasteiger partial charge in [-0.05, 0) is 38.1 Å². The molecule has 1 aliphatic carbocycles. The summed E-state index contributed by atoms with van der Waals surface area (Å²) in [5.74, 6) is 0.829. The van der Waals surface area contributed by atoms with Crippen molar-refractivity contribution in [1.82, 2.24) is 20.1 Å². The van der Waals surface area contributed by atoms with Gasteiger partial charge in [-0.15, -0.1) is 0 Å². The van der Waals surface area contributed by atoms with Crippen molar-refractivity contribution in [2.24, 2.45) is 5.92 Å². The normalized spacial score (nSPS) is 25.1. The first-order valence-electron chi connectivity index (χ1n) is 6.46. The molecule has 1 aliphatic rings. The molecule has 0 aromatic carbocycles. The highest BCUT2D eigenvalue weighted by Gasteiger charge is 2.26. The Morgan fingerprint density at radius 3 is 3.12 bits per heavy atom. The zero-order valence-electron chi connectivity index (χ0n) is 10.1. The Balaban J connectivity index is 1.75. The second-order valence-electron chi connectivity index (χ2n) is 4.70. The molecule has 4 heteroatoms. The molecule has 0 aliphatic heterocycles. The van der Waals surface area contributed by atoms with Crippen molar-refractivity contribution in [2.75, 3.05) is 6.54 Å². The van der Waals surface area contributed by atoms with Crippen LogP contribution in [0.5, 0.6) is 0 Å². The molecule has 1 fully saturated rings. The van der Waals surface area contributed by atoms with Crippen LogP contribution in [0.15, 0.2) is 12.7 Å². The highest BCUT2D eigenvalue weighted by molar-refractivity contribution is 4.82. The van der Waals surface area contributed by atoms with Gasteiger partial charge in [-0.3, -0.25) is 4.68 Å². The molecule has 2 unspecified atom stereocenters. The molecule has 90 valence electrons. The molecule has 16 heavy (non-hydrogen) atoms. The molecule has 0 amide bonds. The van der Waals surface area contributed by atoms with Gasteiger partial charge in [0, 0.05) is 12.6 Å². The van der Waals surface area contributed by atoms with Crippen molar-refractivity contribution in [2.45, 2.75) is 51.6 Å². The smallest absolute Gasteiger partial charge is 0.137 e. The van der Waals surface area contributed by atoms with E-state index in [0.717, 1.165) is 25.0 Å². The average molecular weight is 222 g/mol. The summed E-state index contributed by atoms with van der Waals surface area (Å²) in [5.41, 5.74) is 0. The summed E-state index contributed by atoms with van der Waals surface area (Å²) in [6.45, 7) is 4.39. The molecule has 1 N–H and O–H groups in total. The van der Waals surface area contributed by atoms with Crippen LogP contribution in [0.4, 0.5) is 0 Å². The zero-order valence-corrected chi connectivity index (χ0v) is 10.1. The van der Waals surface area contributed by atoms with Crippen LogP contribution in [0.2, 0.25) is 0 Å². The Bertz CT molecular complexity index is 283. The predicted molar refractivity (Wildman–Crippen MR) is 64.1 cm³/mol. The van der Waals surface area contributed by atoms with E-state index in [4.69, 9.17) is 0 Å². The zero-order chi connectivity index (χ0) is 11.2. The summed E-state index contributed by atoms with van der Waals surface area (Å²) in [6, 6.07) is 0.739. The Morgan fingerprint density at radius 1 is 1.44 bits per heavy atom. The number of aryl methyl sites for hydroxylation is 1. The van der Waals surface area contributed by atoms with E-state index < -0.39 is 0 Å². The van der Waals surface area contributed by atoms with Crippen LogP contribution in [-0.2, 0) is 6.54 Å². The minimum Gasteiger partial charge on any atom is -0.314 e. The van der Waals surface area contributed by atoms with Crippen molar-refractivity contribution < 1.29 is 0 Å². The predicted octanol–water partition coefficient (Wildman–Crippen LogP) is 1.84. The fourth-order valence-corrected chi connectivity index (χ4v) is 2.63. The van der Waals surface area contributed by atoms with Crippen LogP contribution in [0.25, 0.3) is 0 Å². The van der Waals surface area contributed by atoms with Gasteiger partial charge >= 0.3 is 0 Å². The van der Waals surface area contributed by atoms with Gasteiger partial charge in [0.2, 0.25) is 0 Å². The Kier molecular flexibility index (Phi) is 4.34. The van der Waals surface area contributed by atoms with Crippen molar-refractivity contribution in [1.29, 1.82) is 0 Å². The van der Waals surface area contributed by atoms with Gasteiger partial charge in [0.05, 0.1) is 0 Å². The van der Waals surface area contributed by atoms with Crippen LogP contribution in [-0.4, -0.2) is 27.4 Å². The monoisotopic (exact) mass is 222 g/mol. The molecule has 2 atom stereocenters. The lowest BCUT2D eigenvalue weighted by atomic mass is 9.99. The third-order valence-electron chi connectivity index (χ3n) is 3.51. The van der Waals surface area contributed by atoms with E-state index in [1.807, 2.05) is 11.0 Å². The number of nitrogens with zero attached hydrogens (tertiary/aromatic N) is 3. The third kappa shape index (κ3) is 3.04. The summed E-state index contributed by atoms with van der Waals surface area (Å²) in [6.07, 6.45) is 9.98. The van der Waals surface area contributed by atoms with Crippen LogP contribution in [0, 0.1) is 5.92 Å². The van der Waals surface area contributed by atoms with Gasteiger partial charge in [0.1, 0.15) is 12.7 Å². The molecule has 1 aromatic heterocycles. The first kappa shape index (κ1) is 11.6. The number of hydrogen-bond donors (Lipinski definition) is 1. The summed E-state index contributed by atoms with van der Waals surface area (Å²) < 4.78 is 1.94. The van der Waals surface area contributed by atoms with E-state index in [9.17, 15) is 0 Å². The van der Waals surface area contributed by atoms with Gasteiger partial charge in [-0.1, -0.05) is 13.3 Å². The minimum absolute atomic E-state index is 0.739. The van der Waals surface area contributed by atoms with E-state index in [1.165, 1.54) is 32.1 Å². The first-order valence-corrected chi connectivity index (χ1v) is 6.46. The van der Waals surface area contributed by atoms with Gasteiger partial charge in [-0.25, -0.2) is 4.98 Å². The molecule has 1 aromatic rings. The molecule has 2 rings (SSSR count). The highest BCUT2D eigenvalue weighted by atomic mass is 15.3. The molecular weight excluding hydrogens is 200 g/mol. The van der Waals surface area contributed by atoms with Crippen LogP contribution in [0.1, 0.15) is 39.0 Å². The summed E-state index contributed by atoms with van der Waals surface area (Å²) in [7, 11) is 0. The Hall–Kier alpha value is -0.900.